The Morgan fingerprint density at radius 1 is 1.48 bits per heavy atom. The third-order valence-corrected chi connectivity index (χ3v) is 4.76. The van der Waals surface area contributed by atoms with E-state index in [1.165, 1.54) is 6.92 Å². The number of carbonyl (C=O) groups is 1. The number of piperazine rings is 1. The number of nitro benzene ring substituents is 1. The lowest BCUT2D eigenvalue weighted by Crippen LogP contribution is -2.52. The fourth-order valence-corrected chi connectivity index (χ4v) is 3.10. The van der Waals surface area contributed by atoms with Gasteiger partial charge in [-0.1, -0.05) is 0 Å². The first-order valence-corrected chi connectivity index (χ1v) is 8.51. The molecule has 1 saturated heterocycles. The number of amides is 1. The van der Waals surface area contributed by atoms with E-state index < -0.39 is 31.4 Å². The van der Waals surface area contributed by atoms with Gasteiger partial charge in [0.25, 0.3) is 11.6 Å². The standard InChI is InChI=1S/C13H18N4O5S/c1-8-7-15-3-4-16(8)13(18)11-5-10(23(14,21)22)6-12(9(11)2)17(19)20/h5-6,8,15H,3-4,7H2,1-2H3,(H2,14,21,22)/t8-/m1/s1. The SMILES string of the molecule is Cc1c(C(=O)N2CCNC[C@H]2C)cc(S(N)(=O)=O)cc1[N+](=O)[O-]. The highest BCUT2D eigenvalue weighted by Gasteiger charge is 2.29. The van der Waals surface area contributed by atoms with Gasteiger partial charge < -0.3 is 10.2 Å². The van der Waals surface area contributed by atoms with E-state index in [1.807, 2.05) is 6.92 Å². The van der Waals surface area contributed by atoms with Crippen LogP contribution in [0.15, 0.2) is 17.0 Å². The molecule has 10 heteroatoms. The average molecular weight is 342 g/mol. The van der Waals surface area contributed by atoms with Crippen molar-refractivity contribution in [3.63, 3.8) is 0 Å². The molecule has 9 nitrogen and oxygen atoms in total. The predicted molar refractivity (Wildman–Crippen MR) is 82.6 cm³/mol. The Balaban J connectivity index is 2.58. The first-order valence-electron chi connectivity index (χ1n) is 6.96. The van der Waals surface area contributed by atoms with Crippen molar-refractivity contribution in [1.29, 1.82) is 0 Å². The molecule has 1 fully saturated rings. The van der Waals surface area contributed by atoms with Crippen molar-refractivity contribution in [2.24, 2.45) is 5.14 Å². The Bertz CT molecular complexity index is 762. The zero-order valence-corrected chi connectivity index (χ0v) is 13.6. The molecule has 1 atom stereocenters. The highest BCUT2D eigenvalue weighted by molar-refractivity contribution is 7.89. The number of carbonyl (C=O) groups excluding carboxylic acids is 1. The number of benzene rings is 1. The minimum absolute atomic E-state index is 0.0167. The number of nitrogens with two attached hydrogens (primary N) is 1. The lowest BCUT2D eigenvalue weighted by molar-refractivity contribution is -0.385. The summed E-state index contributed by atoms with van der Waals surface area (Å²) in [5, 5.41) is 19.3. The predicted octanol–water partition coefficient (Wildman–Crippen LogP) is -0.0155. The van der Waals surface area contributed by atoms with E-state index in [0.717, 1.165) is 12.1 Å². The van der Waals surface area contributed by atoms with E-state index in [0.29, 0.717) is 19.6 Å². The van der Waals surface area contributed by atoms with Crippen LogP contribution in [0, 0.1) is 17.0 Å². The lowest BCUT2D eigenvalue weighted by Gasteiger charge is -2.34. The summed E-state index contributed by atoms with van der Waals surface area (Å²) in [5.41, 5.74) is -0.335. The molecular weight excluding hydrogens is 324 g/mol. The minimum Gasteiger partial charge on any atom is -0.333 e. The molecule has 1 aromatic carbocycles. The largest absolute Gasteiger partial charge is 0.333 e. The molecule has 1 aliphatic rings. The molecule has 0 unspecified atom stereocenters. The van der Waals surface area contributed by atoms with E-state index in [4.69, 9.17) is 5.14 Å². The van der Waals surface area contributed by atoms with Gasteiger partial charge in [0.2, 0.25) is 10.0 Å². The van der Waals surface area contributed by atoms with Crippen molar-refractivity contribution in [3.05, 3.63) is 33.4 Å². The third kappa shape index (κ3) is 3.49. The highest BCUT2D eigenvalue weighted by Crippen LogP contribution is 2.27. The molecule has 126 valence electrons. The van der Waals surface area contributed by atoms with Crippen LogP contribution in [0.5, 0.6) is 0 Å². The zero-order valence-electron chi connectivity index (χ0n) is 12.8. The first kappa shape index (κ1) is 17.3. The van der Waals surface area contributed by atoms with Gasteiger partial charge in [0.15, 0.2) is 0 Å². The molecule has 2 rings (SSSR count). The van der Waals surface area contributed by atoms with Crippen LogP contribution in [0.1, 0.15) is 22.8 Å². The van der Waals surface area contributed by atoms with Crippen LogP contribution in [0.4, 0.5) is 5.69 Å². The number of nitrogens with zero attached hydrogens (tertiary/aromatic N) is 2. The summed E-state index contributed by atoms with van der Waals surface area (Å²) in [6.45, 7) is 4.91. The molecule has 3 N–H and O–H groups in total. The number of hydrogen-bond acceptors (Lipinski definition) is 6. The maximum atomic E-state index is 12.7. The summed E-state index contributed by atoms with van der Waals surface area (Å²) in [6, 6.07) is 1.88. The van der Waals surface area contributed by atoms with Gasteiger partial charge in [0.05, 0.1) is 15.4 Å². The Labute approximate surface area is 133 Å². The van der Waals surface area contributed by atoms with Crippen molar-refractivity contribution in [2.75, 3.05) is 19.6 Å². The minimum atomic E-state index is -4.16. The highest BCUT2D eigenvalue weighted by atomic mass is 32.2. The van der Waals surface area contributed by atoms with Crippen LogP contribution < -0.4 is 10.5 Å². The topological polar surface area (TPSA) is 136 Å². The van der Waals surface area contributed by atoms with Gasteiger partial charge in [-0.2, -0.15) is 0 Å². The third-order valence-electron chi connectivity index (χ3n) is 3.87. The zero-order chi connectivity index (χ0) is 17.4. The van der Waals surface area contributed by atoms with Crippen molar-refractivity contribution in [1.82, 2.24) is 10.2 Å². The quantitative estimate of drug-likeness (QED) is 0.585. The second kappa shape index (κ2) is 6.22. The fourth-order valence-electron chi connectivity index (χ4n) is 2.55. The molecule has 1 aromatic rings. The summed E-state index contributed by atoms with van der Waals surface area (Å²) in [4.78, 5) is 24.3. The van der Waals surface area contributed by atoms with Crippen LogP contribution in [-0.4, -0.2) is 49.8 Å². The van der Waals surface area contributed by atoms with Gasteiger partial charge in [-0.05, 0) is 19.9 Å². The van der Waals surface area contributed by atoms with Crippen LogP contribution in [-0.2, 0) is 10.0 Å². The average Bonchev–Trinajstić information content (AvgIpc) is 2.45. The second-order valence-electron chi connectivity index (χ2n) is 5.47. The van der Waals surface area contributed by atoms with Crippen LogP contribution >= 0.6 is 0 Å². The van der Waals surface area contributed by atoms with Crippen LogP contribution in [0.2, 0.25) is 0 Å². The summed E-state index contributed by atoms with van der Waals surface area (Å²) in [5.74, 6) is -0.440. The van der Waals surface area contributed by atoms with Gasteiger partial charge >= 0.3 is 0 Å². The van der Waals surface area contributed by atoms with Gasteiger partial charge in [-0.3, -0.25) is 14.9 Å². The Hall–Kier alpha value is -2.04. The van der Waals surface area contributed by atoms with Gasteiger partial charge in [0.1, 0.15) is 0 Å². The van der Waals surface area contributed by atoms with Gasteiger partial charge in [-0.25, -0.2) is 13.6 Å². The molecule has 0 saturated carbocycles. The Morgan fingerprint density at radius 3 is 2.65 bits per heavy atom. The number of nitrogens with one attached hydrogen (secondary N) is 1. The summed E-state index contributed by atoms with van der Waals surface area (Å²) < 4.78 is 23.1. The molecule has 1 heterocycles. The van der Waals surface area contributed by atoms with E-state index in [-0.39, 0.29) is 17.2 Å². The second-order valence-corrected chi connectivity index (χ2v) is 7.03. The molecule has 1 amide bonds. The molecule has 0 bridgehead atoms. The van der Waals surface area contributed by atoms with Gasteiger partial charge in [0, 0.05) is 37.3 Å². The smallest absolute Gasteiger partial charge is 0.274 e. The number of nitro groups is 1. The van der Waals surface area contributed by atoms with Crippen molar-refractivity contribution in [2.45, 2.75) is 24.8 Å². The summed E-state index contributed by atoms with van der Waals surface area (Å²) in [7, 11) is -4.16. The molecule has 0 radical (unpaired) electrons. The van der Waals surface area contributed by atoms with Gasteiger partial charge in [-0.15, -0.1) is 0 Å². The van der Waals surface area contributed by atoms with Crippen LogP contribution in [0.25, 0.3) is 0 Å². The first-order chi connectivity index (χ1) is 10.6. The van der Waals surface area contributed by atoms with Crippen LogP contribution in [0.3, 0.4) is 0 Å². The van der Waals surface area contributed by atoms with Crippen molar-refractivity contribution >= 4 is 21.6 Å². The normalized spacial score (nSPS) is 18.7. The van der Waals surface area contributed by atoms with E-state index >= 15 is 0 Å². The fraction of sp³-hybridized carbons (Fsp3) is 0.462. The molecule has 1 aliphatic heterocycles. The molecular formula is C13H18N4O5S. The van der Waals surface area contributed by atoms with E-state index in [9.17, 15) is 23.3 Å². The molecule has 0 aromatic heterocycles. The maximum Gasteiger partial charge on any atom is 0.274 e. The number of rotatable bonds is 3. The molecule has 0 aliphatic carbocycles. The van der Waals surface area contributed by atoms with Crippen molar-refractivity contribution in [3.8, 4) is 0 Å². The summed E-state index contributed by atoms with van der Waals surface area (Å²) in [6.07, 6.45) is 0. The summed E-state index contributed by atoms with van der Waals surface area (Å²) >= 11 is 0. The molecule has 23 heavy (non-hydrogen) atoms. The monoisotopic (exact) mass is 342 g/mol. The van der Waals surface area contributed by atoms with E-state index in [1.54, 1.807) is 4.90 Å². The Morgan fingerprint density at radius 2 is 2.13 bits per heavy atom. The lowest BCUT2D eigenvalue weighted by atomic mass is 10.0. The number of hydrogen-bond donors (Lipinski definition) is 2. The maximum absolute atomic E-state index is 12.7. The number of primary sulfonamides is 1. The number of sulfonamides is 1. The molecule has 0 spiro atoms. The van der Waals surface area contributed by atoms with E-state index in [2.05, 4.69) is 5.32 Å². The van der Waals surface area contributed by atoms with Crippen molar-refractivity contribution < 1.29 is 18.1 Å². The Kier molecular flexibility index (Phi) is 4.68.